The molecule has 0 aliphatic carbocycles. The molecular formula is C20H23N4O2+. The van der Waals surface area contributed by atoms with Gasteiger partial charge in [-0.05, 0) is 43.3 Å². The first kappa shape index (κ1) is 17.8. The van der Waals surface area contributed by atoms with Gasteiger partial charge in [0, 0.05) is 5.69 Å². The van der Waals surface area contributed by atoms with Gasteiger partial charge in [0.1, 0.15) is 5.75 Å². The minimum atomic E-state index is -0.169. The van der Waals surface area contributed by atoms with Crippen LogP contribution in [0.4, 0.5) is 11.4 Å². The zero-order valence-electron chi connectivity index (χ0n) is 14.8. The highest BCUT2D eigenvalue weighted by Gasteiger charge is 2.29. The number of piperazine rings is 1. The van der Waals surface area contributed by atoms with Crippen molar-refractivity contribution < 1.29 is 14.8 Å². The van der Waals surface area contributed by atoms with Crippen molar-refractivity contribution in [2.24, 2.45) is 0 Å². The van der Waals surface area contributed by atoms with Crippen molar-refractivity contribution in [3.8, 4) is 11.8 Å². The van der Waals surface area contributed by atoms with E-state index in [1.54, 1.807) is 30.3 Å². The summed E-state index contributed by atoms with van der Waals surface area (Å²) in [6, 6.07) is 16.1. The van der Waals surface area contributed by atoms with Crippen LogP contribution in [0.3, 0.4) is 0 Å². The molecule has 2 aromatic carbocycles. The average molecular weight is 351 g/mol. The van der Waals surface area contributed by atoms with Gasteiger partial charge in [-0.25, -0.2) is 0 Å². The molecule has 1 amide bonds. The molecule has 0 unspecified atom stereocenters. The molecule has 1 atom stereocenters. The number of carbonyl (C=O) groups is 1. The summed E-state index contributed by atoms with van der Waals surface area (Å²) in [5, 5.41) is 21.7. The second-order valence-corrected chi connectivity index (χ2v) is 6.53. The summed E-state index contributed by atoms with van der Waals surface area (Å²) >= 11 is 0. The lowest BCUT2D eigenvalue weighted by Crippen LogP contribution is -3.19. The molecule has 2 aromatic rings. The summed E-state index contributed by atoms with van der Waals surface area (Å²) in [4.78, 5) is 15.9. The van der Waals surface area contributed by atoms with Crippen LogP contribution in [0.25, 0.3) is 0 Å². The molecule has 6 heteroatoms. The standard InChI is InChI=1S/C20H22N4O2/c1-15(20(26)22-17-8-6-16(14-21)7-9-17)23-10-12-24(13-11-23)18-4-2-3-5-19(18)25/h2-9,15,25H,10-13H2,1H3,(H,22,26)/p+1/t15-/m1/s1. The Bertz CT molecular complexity index is 805. The first-order valence-corrected chi connectivity index (χ1v) is 8.77. The Balaban J connectivity index is 1.55. The van der Waals surface area contributed by atoms with E-state index in [2.05, 4.69) is 16.3 Å². The fourth-order valence-corrected chi connectivity index (χ4v) is 3.26. The Morgan fingerprint density at radius 1 is 1.19 bits per heavy atom. The predicted molar refractivity (Wildman–Crippen MR) is 100 cm³/mol. The summed E-state index contributed by atoms with van der Waals surface area (Å²) in [5.74, 6) is 0.267. The van der Waals surface area contributed by atoms with Crippen molar-refractivity contribution >= 4 is 17.3 Å². The largest absolute Gasteiger partial charge is 0.506 e. The molecule has 0 saturated carbocycles. The normalized spacial score (nSPS) is 15.9. The van der Waals surface area contributed by atoms with Crippen LogP contribution in [0.5, 0.6) is 5.75 Å². The fraction of sp³-hybridized carbons (Fsp3) is 0.300. The molecule has 1 fully saturated rings. The van der Waals surface area contributed by atoms with E-state index in [0.717, 1.165) is 31.9 Å². The van der Waals surface area contributed by atoms with Crippen LogP contribution in [0.1, 0.15) is 12.5 Å². The van der Waals surface area contributed by atoms with E-state index in [4.69, 9.17) is 5.26 Å². The number of amides is 1. The maximum atomic E-state index is 12.5. The summed E-state index contributed by atoms with van der Waals surface area (Å²) < 4.78 is 0. The van der Waals surface area contributed by atoms with E-state index in [1.807, 2.05) is 25.1 Å². The van der Waals surface area contributed by atoms with E-state index in [9.17, 15) is 9.90 Å². The average Bonchev–Trinajstić information content (AvgIpc) is 2.68. The zero-order chi connectivity index (χ0) is 18.5. The lowest BCUT2D eigenvalue weighted by molar-refractivity contribution is -0.914. The van der Waals surface area contributed by atoms with Crippen molar-refractivity contribution in [1.82, 2.24) is 0 Å². The number of hydrogen-bond donors (Lipinski definition) is 3. The highest BCUT2D eigenvalue weighted by molar-refractivity contribution is 5.93. The number of para-hydroxylation sites is 2. The van der Waals surface area contributed by atoms with E-state index in [-0.39, 0.29) is 11.9 Å². The molecular weight excluding hydrogens is 328 g/mol. The number of anilines is 2. The monoisotopic (exact) mass is 351 g/mol. The third kappa shape index (κ3) is 3.95. The van der Waals surface area contributed by atoms with Gasteiger partial charge in [0.25, 0.3) is 5.91 Å². The smallest absolute Gasteiger partial charge is 0.282 e. The molecule has 0 radical (unpaired) electrons. The first-order chi connectivity index (χ1) is 12.6. The number of phenols is 1. The molecule has 1 saturated heterocycles. The Hall–Kier alpha value is -3.04. The number of phenolic OH excluding ortho intramolecular Hbond substituents is 1. The molecule has 6 nitrogen and oxygen atoms in total. The third-order valence-electron chi connectivity index (χ3n) is 4.92. The Kier molecular flexibility index (Phi) is 5.40. The van der Waals surface area contributed by atoms with Crippen LogP contribution in [0.15, 0.2) is 48.5 Å². The Morgan fingerprint density at radius 2 is 1.85 bits per heavy atom. The molecule has 3 N–H and O–H groups in total. The molecule has 1 heterocycles. The number of quaternary nitrogens is 1. The third-order valence-corrected chi connectivity index (χ3v) is 4.92. The number of benzene rings is 2. The van der Waals surface area contributed by atoms with Gasteiger partial charge < -0.3 is 20.2 Å². The molecule has 0 aromatic heterocycles. The predicted octanol–water partition coefficient (Wildman–Crippen LogP) is 0.996. The number of aromatic hydroxyl groups is 1. The van der Waals surface area contributed by atoms with Gasteiger partial charge in [-0.2, -0.15) is 5.26 Å². The summed E-state index contributed by atoms with van der Waals surface area (Å²) in [5.41, 5.74) is 2.12. The van der Waals surface area contributed by atoms with Crippen molar-refractivity contribution in [2.75, 3.05) is 36.4 Å². The van der Waals surface area contributed by atoms with Crippen molar-refractivity contribution in [1.29, 1.82) is 5.26 Å². The van der Waals surface area contributed by atoms with Crippen molar-refractivity contribution in [2.45, 2.75) is 13.0 Å². The van der Waals surface area contributed by atoms with Gasteiger partial charge in [0.15, 0.2) is 6.04 Å². The van der Waals surface area contributed by atoms with Gasteiger partial charge >= 0.3 is 0 Å². The molecule has 26 heavy (non-hydrogen) atoms. The minimum absolute atomic E-state index is 0.0271. The molecule has 0 spiro atoms. The second kappa shape index (κ2) is 7.89. The number of rotatable bonds is 4. The number of carbonyl (C=O) groups excluding carboxylic acids is 1. The summed E-state index contributed by atoms with van der Waals surface area (Å²) in [6.07, 6.45) is 0. The van der Waals surface area contributed by atoms with Crippen LogP contribution in [-0.2, 0) is 4.79 Å². The molecule has 3 rings (SSSR count). The lowest BCUT2D eigenvalue weighted by Gasteiger charge is -2.36. The van der Waals surface area contributed by atoms with Crippen LogP contribution in [0, 0.1) is 11.3 Å². The SMILES string of the molecule is C[C@H](C(=O)Nc1ccc(C#N)cc1)[NH+]1CCN(c2ccccc2O)CC1. The minimum Gasteiger partial charge on any atom is -0.506 e. The van der Waals surface area contributed by atoms with E-state index in [1.165, 1.54) is 4.90 Å². The number of nitriles is 1. The molecule has 1 aliphatic rings. The van der Waals surface area contributed by atoms with Gasteiger partial charge in [-0.1, -0.05) is 12.1 Å². The zero-order valence-corrected chi connectivity index (χ0v) is 14.8. The van der Waals surface area contributed by atoms with Gasteiger partial charge in [-0.3, -0.25) is 4.79 Å². The van der Waals surface area contributed by atoms with Crippen LogP contribution in [0.2, 0.25) is 0 Å². The van der Waals surface area contributed by atoms with Crippen LogP contribution in [-0.4, -0.2) is 43.2 Å². The van der Waals surface area contributed by atoms with Gasteiger partial charge in [-0.15, -0.1) is 0 Å². The van der Waals surface area contributed by atoms with Gasteiger partial charge in [0.2, 0.25) is 0 Å². The van der Waals surface area contributed by atoms with Crippen LogP contribution < -0.4 is 15.1 Å². The van der Waals surface area contributed by atoms with E-state index >= 15 is 0 Å². The molecule has 134 valence electrons. The fourth-order valence-electron chi connectivity index (χ4n) is 3.26. The Labute approximate surface area is 153 Å². The number of nitrogens with one attached hydrogen (secondary N) is 2. The molecule has 1 aliphatic heterocycles. The number of nitrogens with zero attached hydrogens (tertiary/aromatic N) is 2. The van der Waals surface area contributed by atoms with Gasteiger partial charge in [0.05, 0.1) is 43.5 Å². The second-order valence-electron chi connectivity index (χ2n) is 6.53. The quantitative estimate of drug-likeness (QED) is 0.768. The maximum absolute atomic E-state index is 12.5. The lowest BCUT2D eigenvalue weighted by atomic mass is 10.1. The Morgan fingerprint density at radius 3 is 2.46 bits per heavy atom. The molecule has 0 bridgehead atoms. The van der Waals surface area contributed by atoms with Crippen molar-refractivity contribution in [3.05, 3.63) is 54.1 Å². The van der Waals surface area contributed by atoms with Crippen LogP contribution >= 0.6 is 0 Å². The van der Waals surface area contributed by atoms with E-state index in [0.29, 0.717) is 17.0 Å². The maximum Gasteiger partial charge on any atom is 0.282 e. The summed E-state index contributed by atoms with van der Waals surface area (Å²) in [6.45, 7) is 5.18. The topological polar surface area (TPSA) is 80.8 Å². The van der Waals surface area contributed by atoms with Crippen molar-refractivity contribution in [3.63, 3.8) is 0 Å². The van der Waals surface area contributed by atoms with E-state index < -0.39 is 0 Å². The first-order valence-electron chi connectivity index (χ1n) is 8.77. The number of hydrogen-bond acceptors (Lipinski definition) is 4. The highest BCUT2D eigenvalue weighted by Crippen LogP contribution is 2.26. The summed E-state index contributed by atoms with van der Waals surface area (Å²) in [7, 11) is 0. The highest BCUT2D eigenvalue weighted by atomic mass is 16.3.